The Morgan fingerprint density at radius 3 is 2.14 bits per heavy atom. The van der Waals surface area contributed by atoms with Crippen LogP contribution in [-0.4, -0.2) is 43.0 Å². The van der Waals surface area contributed by atoms with Crippen molar-refractivity contribution in [2.75, 3.05) is 24.3 Å². The van der Waals surface area contributed by atoms with Crippen molar-refractivity contribution in [1.29, 1.82) is 0 Å². The summed E-state index contributed by atoms with van der Waals surface area (Å²) >= 11 is 0. The van der Waals surface area contributed by atoms with E-state index in [4.69, 9.17) is 0 Å². The summed E-state index contributed by atoms with van der Waals surface area (Å²) in [5.41, 5.74) is 2.70. The molecule has 1 aromatic rings. The topological polar surface area (TPSA) is 64.7 Å². The zero-order valence-corrected chi connectivity index (χ0v) is 19.0. The molecule has 0 saturated carbocycles. The molecule has 0 atom stereocenters. The highest BCUT2D eigenvalue weighted by molar-refractivity contribution is 5.91. The maximum absolute atomic E-state index is 12.6. The fourth-order valence-corrected chi connectivity index (χ4v) is 2.92. The maximum Gasteiger partial charge on any atom is 0.318 e. The van der Waals surface area contributed by atoms with Gasteiger partial charge in [-0.2, -0.15) is 0 Å². The molecule has 0 spiro atoms. The van der Waals surface area contributed by atoms with Gasteiger partial charge in [-0.15, -0.1) is 0 Å². The van der Waals surface area contributed by atoms with Gasteiger partial charge in [-0.05, 0) is 56.9 Å². The van der Waals surface area contributed by atoms with E-state index in [9.17, 15) is 9.59 Å². The third-order valence-corrected chi connectivity index (χ3v) is 4.17. The van der Waals surface area contributed by atoms with Gasteiger partial charge in [0.15, 0.2) is 0 Å². The molecule has 0 heterocycles. The van der Waals surface area contributed by atoms with Crippen LogP contribution in [0.15, 0.2) is 18.2 Å². The summed E-state index contributed by atoms with van der Waals surface area (Å²) in [6.45, 7) is 14.5. The second-order valence-corrected chi connectivity index (χ2v) is 9.35. The van der Waals surface area contributed by atoms with Crippen LogP contribution in [0.5, 0.6) is 0 Å². The van der Waals surface area contributed by atoms with E-state index in [1.807, 2.05) is 90.6 Å². The Morgan fingerprint density at radius 2 is 1.68 bits per heavy atom. The molecular weight excluding hydrogens is 352 g/mol. The molecule has 6 heteroatoms. The van der Waals surface area contributed by atoms with Crippen LogP contribution in [0.2, 0.25) is 0 Å². The summed E-state index contributed by atoms with van der Waals surface area (Å²) in [5.74, 6) is -0.00526. The van der Waals surface area contributed by atoms with Gasteiger partial charge in [-0.25, -0.2) is 4.79 Å². The zero-order chi connectivity index (χ0) is 21.6. The molecule has 1 rings (SSSR count). The normalized spacial score (nSPS) is 11.5. The number of urea groups is 1. The highest BCUT2D eigenvalue weighted by Crippen LogP contribution is 2.26. The number of hydrogen-bond acceptors (Lipinski definition) is 3. The van der Waals surface area contributed by atoms with Crippen LogP contribution < -0.4 is 15.5 Å². The Kier molecular flexibility index (Phi) is 8.33. The second kappa shape index (κ2) is 9.80. The summed E-state index contributed by atoms with van der Waals surface area (Å²) in [6.07, 6.45) is 0.451. The van der Waals surface area contributed by atoms with E-state index < -0.39 is 0 Å². The third kappa shape index (κ3) is 7.79. The number of hydrogen-bond donors (Lipinski definition) is 2. The first-order valence-electron chi connectivity index (χ1n) is 9.97. The van der Waals surface area contributed by atoms with Crippen molar-refractivity contribution in [3.8, 4) is 0 Å². The molecule has 3 amide bonds. The SMILES string of the molecule is CC(C)NC(=O)N(Cc1cc(NC(=O)CC(C)(C)C)ccc1N(C)C)C(C)C. The van der Waals surface area contributed by atoms with Crippen LogP contribution in [0.4, 0.5) is 16.2 Å². The lowest BCUT2D eigenvalue weighted by molar-refractivity contribution is -0.117. The molecule has 0 bridgehead atoms. The van der Waals surface area contributed by atoms with Crippen LogP contribution in [0.3, 0.4) is 0 Å². The molecular formula is C22H38N4O2. The van der Waals surface area contributed by atoms with Crippen LogP contribution in [0, 0.1) is 5.41 Å². The number of benzene rings is 1. The minimum Gasteiger partial charge on any atom is -0.377 e. The summed E-state index contributed by atoms with van der Waals surface area (Å²) < 4.78 is 0. The maximum atomic E-state index is 12.6. The molecule has 0 aliphatic rings. The molecule has 0 saturated heterocycles. The van der Waals surface area contributed by atoms with E-state index >= 15 is 0 Å². The number of nitrogens with one attached hydrogen (secondary N) is 2. The molecule has 1 aromatic carbocycles. The van der Waals surface area contributed by atoms with Crippen LogP contribution in [-0.2, 0) is 11.3 Å². The van der Waals surface area contributed by atoms with Crippen molar-refractivity contribution in [3.05, 3.63) is 23.8 Å². The summed E-state index contributed by atoms with van der Waals surface area (Å²) in [6, 6.07) is 5.90. The first-order valence-corrected chi connectivity index (χ1v) is 9.97. The number of carbonyl (C=O) groups excluding carboxylic acids is 2. The van der Waals surface area contributed by atoms with Crippen molar-refractivity contribution < 1.29 is 9.59 Å². The predicted molar refractivity (Wildman–Crippen MR) is 118 cm³/mol. The Balaban J connectivity index is 3.12. The van der Waals surface area contributed by atoms with E-state index in [1.54, 1.807) is 0 Å². The molecule has 0 aliphatic heterocycles. The monoisotopic (exact) mass is 390 g/mol. The molecule has 6 nitrogen and oxygen atoms in total. The smallest absolute Gasteiger partial charge is 0.318 e. The number of anilines is 2. The average Bonchev–Trinajstić information content (AvgIpc) is 2.49. The van der Waals surface area contributed by atoms with Gasteiger partial charge >= 0.3 is 6.03 Å². The number of amides is 3. The minimum atomic E-state index is -0.0862. The highest BCUT2D eigenvalue weighted by Gasteiger charge is 2.21. The average molecular weight is 391 g/mol. The largest absolute Gasteiger partial charge is 0.377 e. The number of carbonyl (C=O) groups is 2. The summed E-state index contributed by atoms with van der Waals surface area (Å²) in [4.78, 5) is 28.8. The molecule has 0 radical (unpaired) electrons. The summed E-state index contributed by atoms with van der Waals surface area (Å²) in [7, 11) is 3.95. The predicted octanol–water partition coefficient (Wildman–Crippen LogP) is 4.46. The Labute approximate surface area is 170 Å². The fourth-order valence-electron chi connectivity index (χ4n) is 2.92. The van der Waals surface area contributed by atoms with Crippen LogP contribution in [0.1, 0.15) is 60.5 Å². The molecule has 0 fully saturated rings. The van der Waals surface area contributed by atoms with Crippen molar-refractivity contribution in [3.63, 3.8) is 0 Å². The van der Waals surface area contributed by atoms with Gasteiger partial charge in [0.05, 0.1) is 0 Å². The van der Waals surface area contributed by atoms with E-state index in [0.29, 0.717) is 13.0 Å². The van der Waals surface area contributed by atoms with Crippen molar-refractivity contribution >= 4 is 23.3 Å². The number of nitrogens with zero attached hydrogens (tertiary/aromatic N) is 2. The van der Waals surface area contributed by atoms with Gasteiger partial charge in [0.1, 0.15) is 0 Å². The second-order valence-electron chi connectivity index (χ2n) is 9.35. The Morgan fingerprint density at radius 1 is 1.07 bits per heavy atom. The van der Waals surface area contributed by atoms with Gasteiger partial charge in [0, 0.05) is 50.5 Å². The quantitative estimate of drug-likeness (QED) is 0.723. The van der Waals surface area contributed by atoms with Crippen molar-refractivity contribution in [2.45, 2.75) is 73.5 Å². The lowest BCUT2D eigenvalue weighted by Crippen LogP contribution is -2.45. The Hall–Kier alpha value is -2.24. The molecule has 0 aliphatic carbocycles. The van der Waals surface area contributed by atoms with Crippen molar-refractivity contribution in [2.24, 2.45) is 5.41 Å². The third-order valence-electron chi connectivity index (χ3n) is 4.17. The molecule has 0 aromatic heterocycles. The van der Waals surface area contributed by atoms with Gasteiger partial charge in [0.25, 0.3) is 0 Å². The van der Waals surface area contributed by atoms with E-state index in [1.165, 1.54) is 0 Å². The Bertz CT molecular complexity index is 676. The zero-order valence-electron chi connectivity index (χ0n) is 19.0. The molecule has 0 unspecified atom stereocenters. The van der Waals surface area contributed by atoms with E-state index in [-0.39, 0.29) is 29.4 Å². The highest BCUT2D eigenvalue weighted by atomic mass is 16.2. The van der Waals surface area contributed by atoms with Crippen LogP contribution in [0.25, 0.3) is 0 Å². The summed E-state index contributed by atoms with van der Waals surface area (Å²) in [5, 5.41) is 5.96. The molecule has 28 heavy (non-hydrogen) atoms. The van der Waals surface area contributed by atoms with Gasteiger partial charge in [-0.1, -0.05) is 20.8 Å². The van der Waals surface area contributed by atoms with E-state index in [2.05, 4.69) is 10.6 Å². The molecule has 158 valence electrons. The fraction of sp³-hybridized carbons (Fsp3) is 0.636. The lowest BCUT2D eigenvalue weighted by Gasteiger charge is -2.30. The van der Waals surface area contributed by atoms with Crippen LogP contribution >= 0.6 is 0 Å². The minimum absolute atomic E-state index is 0.00526. The van der Waals surface area contributed by atoms with Gasteiger partial charge < -0.3 is 20.4 Å². The van der Waals surface area contributed by atoms with Gasteiger partial charge in [-0.3, -0.25) is 4.79 Å². The first kappa shape index (κ1) is 23.8. The lowest BCUT2D eigenvalue weighted by atomic mass is 9.92. The first-order chi connectivity index (χ1) is 12.8. The van der Waals surface area contributed by atoms with Gasteiger partial charge in [0.2, 0.25) is 5.91 Å². The van der Waals surface area contributed by atoms with E-state index in [0.717, 1.165) is 16.9 Å². The number of rotatable bonds is 7. The van der Waals surface area contributed by atoms with Crippen molar-refractivity contribution in [1.82, 2.24) is 10.2 Å². The standard InChI is InChI=1S/C22H38N4O2/c1-15(2)23-21(28)26(16(3)4)14-17-12-18(10-11-19(17)25(8)9)24-20(27)13-22(5,6)7/h10-12,15-16H,13-14H2,1-9H3,(H,23,28)(H,24,27). The molecule has 2 N–H and O–H groups in total.